The molecule has 1 rings (SSSR count). The van der Waals surface area contributed by atoms with E-state index in [0.29, 0.717) is 4.67 Å². The fraction of sp³-hybridized carbons (Fsp3) is 0.429. The predicted molar refractivity (Wildman–Crippen MR) is 44.9 cm³/mol. The fourth-order valence-electron chi connectivity index (χ4n) is 0.948. The highest BCUT2D eigenvalue weighted by molar-refractivity contribution is 7.38. The van der Waals surface area contributed by atoms with Crippen molar-refractivity contribution in [2.45, 2.75) is 12.8 Å². The molecule has 0 N–H and O–H groups in total. The summed E-state index contributed by atoms with van der Waals surface area (Å²) in [6.45, 7) is -0.158. The first-order valence-electron chi connectivity index (χ1n) is 3.63. The van der Waals surface area contributed by atoms with Crippen molar-refractivity contribution in [1.82, 2.24) is 4.67 Å². The summed E-state index contributed by atoms with van der Waals surface area (Å²) >= 11 is 0. The summed E-state index contributed by atoms with van der Waals surface area (Å²) in [7, 11) is -2.79. The Bertz CT molecular complexity index is 290. The van der Waals surface area contributed by atoms with Crippen molar-refractivity contribution in [2.24, 2.45) is 0 Å². The molecule has 1 atom stereocenters. The Morgan fingerprint density at radius 1 is 1.46 bits per heavy atom. The molecule has 1 heterocycles. The normalized spacial score (nSPS) is 18.8. The van der Waals surface area contributed by atoms with Crippen LogP contribution in [-0.4, -0.2) is 23.1 Å². The molecule has 1 unspecified atom stereocenters. The second-order valence-corrected chi connectivity index (χ2v) is 3.65. The van der Waals surface area contributed by atoms with Crippen LogP contribution in [0.5, 0.6) is 0 Å². The minimum Gasteiger partial charge on any atom is -0.302 e. The van der Waals surface area contributed by atoms with Gasteiger partial charge < -0.3 is 4.52 Å². The molecular formula is C7H8NO4P. The third-order valence-electron chi connectivity index (χ3n) is 1.51. The van der Waals surface area contributed by atoms with E-state index in [2.05, 4.69) is 10.4 Å². The number of hydrogen-bond donors (Lipinski definition) is 0. The van der Waals surface area contributed by atoms with Gasteiger partial charge in [-0.25, -0.2) is 4.67 Å². The Labute approximate surface area is 76.0 Å². The van der Waals surface area contributed by atoms with Crippen LogP contribution in [-0.2, 0) is 18.7 Å². The quantitative estimate of drug-likeness (QED) is 0.371. The summed E-state index contributed by atoms with van der Waals surface area (Å²) in [5.41, 5.74) is 0. The second-order valence-electron chi connectivity index (χ2n) is 2.38. The van der Waals surface area contributed by atoms with E-state index in [1.165, 1.54) is 0 Å². The standard InChI is InChI=1S/C7H8NO4P/c1-2-5-12-13(11)8-6(9)3-4-7(8)10/h1,13H,3-5H2. The Balaban J connectivity index is 2.60. The summed E-state index contributed by atoms with van der Waals surface area (Å²) in [5, 5.41) is 0. The zero-order chi connectivity index (χ0) is 9.84. The van der Waals surface area contributed by atoms with Crippen molar-refractivity contribution in [1.29, 1.82) is 0 Å². The molecule has 13 heavy (non-hydrogen) atoms. The molecule has 0 radical (unpaired) electrons. The van der Waals surface area contributed by atoms with E-state index >= 15 is 0 Å². The van der Waals surface area contributed by atoms with Crippen LogP contribution < -0.4 is 0 Å². The predicted octanol–water partition coefficient (Wildman–Crippen LogP) is 0.175. The highest BCUT2D eigenvalue weighted by atomic mass is 31.1. The van der Waals surface area contributed by atoms with E-state index in [1.54, 1.807) is 0 Å². The Morgan fingerprint density at radius 2 is 2.00 bits per heavy atom. The molecule has 0 spiro atoms. The Kier molecular flexibility index (Phi) is 3.24. The van der Waals surface area contributed by atoms with Crippen molar-refractivity contribution < 1.29 is 18.7 Å². The van der Waals surface area contributed by atoms with Crippen molar-refractivity contribution in [3.8, 4) is 12.3 Å². The van der Waals surface area contributed by atoms with E-state index in [9.17, 15) is 14.2 Å². The lowest BCUT2D eigenvalue weighted by Crippen LogP contribution is -2.21. The van der Waals surface area contributed by atoms with E-state index in [-0.39, 0.29) is 19.4 Å². The first-order valence-corrected chi connectivity index (χ1v) is 4.89. The van der Waals surface area contributed by atoms with Gasteiger partial charge in [0, 0.05) is 12.8 Å². The van der Waals surface area contributed by atoms with Crippen molar-refractivity contribution in [3.63, 3.8) is 0 Å². The monoisotopic (exact) mass is 201 g/mol. The van der Waals surface area contributed by atoms with E-state index in [4.69, 9.17) is 6.42 Å². The molecule has 2 amide bonds. The van der Waals surface area contributed by atoms with Gasteiger partial charge in [0.2, 0.25) is 11.8 Å². The van der Waals surface area contributed by atoms with Gasteiger partial charge in [0.25, 0.3) is 8.18 Å². The molecule has 0 aliphatic carbocycles. The molecule has 0 aromatic heterocycles. The fourth-order valence-corrected chi connectivity index (χ4v) is 1.91. The van der Waals surface area contributed by atoms with Crippen LogP contribution >= 0.6 is 8.18 Å². The van der Waals surface area contributed by atoms with Crippen molar-refractivity contribution in [3.05, 3.63) is 0 Å². The third kappa shape index (κ3) is 2.18. The highest BCUT2D eigenvalue weighted by Gasteiger charge is 2.33. The van der Waals surface area contributed by atoms with Gasteiger partial charge in [-0.05, 0) is 0 Å². The SMILES string of the molecule is C#CCO[PH](=O)N1C(=O)CCC1=O. The van der Waals surface area contributed by atoms with Crippen LogP contribution in [0.2, 0.25) is 0 Å². The van der Waals surface area contributed by atoms with Crippen LogP contribution in [0.15, 0.2) is 0 Å². The maximum atomic E-state index is 11.2. The van der Waals surface area contributed by atoms with Gasteiger partial charge >= 0.3 is 0 Å². The van der Waals surface area contributed by atoms with E-state index in [0.717, 1.165) is 0 Å². The van der Waals surface area contributed by atoms with Crippen LogP contribution in [0.3, 0.4) is 0 Å². The molecule has 1 fully saturated rings. The topological polar surface area (TPSA) is 63.7 Å². The van der Waals surface area contributed by atoms with Crippen LogP contribution in [0.25, 0.3) is 0 Å². The van der Waals surface area contributed by atoms with Crippen molar-refractivity contribution in [2.75, 3.05) is 6.61 Å². The zero-order valence-electron chi connectivity index (χ0n) is 6.78. The average Bonchev–Trinajstić information content (AvgIpc) is 2.42. The number of hydrogen-bond acceptors (Lipinski definition) is 4. The van der Waals surface area contributed by atoms with Gasteiger partial charge in [0.15, 0.2) is 0 Å². The van der Waals surface area contributed by atoms with Crippen LogP contribution in [0.4, 0.5) is 0 Å². The minimum atomic E-state index is -2.79. The van der Waals surface area contributed by atoms with Gasteiger partial charge in [-0.3, -0.25) is 14.2 Å². The maximum Gasteiger partial charge on any atom is 0.294 e. The number of imide groups is 1. The number of amides is 2. The second kappa shape index (κ2) is 4.22. The Hall–Kier alpha value is -1.11. The molecule has 6 heteroatoms. The molecule has 70 valence electrons. The minimum absolute atomic E-state index is 0.106. The molecule has 5 nitrogen and oxygen atoms in total. The zero-order valence-corrected chi connectivity index (χ0v) is 7.78. The molecule has 0 saturated carbocycles. The lowest BCUT2D eigenvalue weighted by atomic mass is 10.4. The largest absolute Gasteiger partial charge is 0.302 e. The van der Waals surface area contributed by atoms with Crippen LogP contribution in [0, 0.1) is 12.3 Å². The van der Waals surface area contributed by atoms with Gasteiger partial charge in [-0.15, -0.1) is 6.42 Å². The van der Waals surface area contributed by atoms with E-state index < -0.39 is 20.0 Å². The number of nitrogens with zero attached hydrogens (tertiary/aromatic N) is 1. The molecule has 1 aliphatic rings. The summed E-state index contributed by atoms with van der Waals surface area (Å²) in [6.07, 6.45) is 5.07. The average molecular weight is 201 g/mol. The lowest BCUT2D eigenvalue weighted by Gasteiger charge is -2.11. The molecule has 1 aliphatic heterocycles. The molecular weight excluding hydrogens is 193 g/mol. The maximum absolute atomic E-state index is 11.2. The van der Waals surface area contributed by atoms with Gasteiger partial charge in [0.05, 0.1) is 0 Å². The number of terminal acetylenes is 1. The Morgan fingerprint density at radius 3 is 2.46 bits per heavy atom. The number of carbonyl (C=O) groups excluding carboxylic acids is 2. The van der Waals surface area contributed by atoms with Crippen molar-refractivity contribution >= 4 is 20.0 Å². The first kappa shape index (κ1) is 9.97. The molecule has 0 aromatic carbocycles. The van der Waals surface area contributed by atoms with Gasteiger partial charge in [-0.2, -0.15) is 0 Å². The van der Waals surface area contributed by atoms with Crippen LogP contribution in [0.1, 0.15) is 12.8 Å². The third-order valence-corrected chi connectivity index (χ3v) is 2.77. The summed E-state index contributed by atoms with van der Waals surface area (Å²) in [5.74, 6) is 1.20. The van der Waals surface area contributed by atoms with Gasteiger partial charge in [-0.1, -0.05) is 5.92 Å². The molecule has 0 bridgehead atoms. The first-order chi connectivity index (χ1) is 6.16. The van der Waals surface area contributed by atoms with Gasteiger partial charge in [0.1, 0.15) is 6.61 Å². The number of carbonyl (C=O) groups is 2. The lowest BCUT2D eigenvalue weighted by molar-refractivity contribution is -0.132. The molecule has 0 aromatic rings. The summed E-state index contributed by atoms with van der Waals surface area (Å²) in [6, 6.07) is 0. The smallest absolute Gasteiger partial charge is 0.294 e. The highest BCUT2D eigenvalue weighted by Crippen LogP contribution is 2.33. The summed E-state index contributed by atoms with van der Waals surface area (Å²) < 4.78 is 16.5. The molecule has 1 saturated heterocycles. The number of rotatable bonds is 3. The van der Waals surface area contributed by atoms with E-state index in [1.807, 2.05) is 0 Å². The summed E-state index contributed by atoms with van der Waals surface area (Å²) in [4.78, 5) is 22.0.